The fraction of sp³-hybridized carbons (Fsp3) is 0.406. The van der Waals surface area contributed by atoms with E-state index in [1.54, 1.807) is 12.1 Å². The van der Waals surface area contributed by atoms with Crippen molar-refractivity contribution in [3.8, 4) is 11.5 Å². The molecule has 1 amide bonds. The third-order valence-corrected chi connectivity index (χ3v) is 6.24. The lowest BCUT2D eigenvalue weighted by Crippen LogP contribution is -2.20. The van der Waals surface area contributed by atoms with Gasteiger partial charge in [0.1, 0.15) is 5.82 Å². The van der Waals surface area contributed by atoms with Crippen LogP contribution in [0.25, 0.3) is 0 Å². The average molecular weight is 625 g/mol. The molecule has 1 aromatic heterocycles. The van der Waals surface area contributed by atoms with E-state index in [9.17, 15) is 32.3 Å². The number of esters is 1. The summed E-state index contributed by atoms with van der Waals surface area (Å²) in [5.41, 5.74) is 6.04. The summed E-state index contributed by atoms with van der Waals surface area (Å²) in [6, 6.07) is 13.1. The number of amides is 1. The zero-order chi connectivity index (χ0) is 33.3. The van der Waals surface area contributed by atoms with E-state index in [2.05, 4.69) is 4.98 Å². The number of aromatic nitrogens is 1. The van der Waals surface area contributed by atoms with E-state index < -0.39 is 17.6 Å². The molecule has 0 aliphatic carbocycles. The number of pyridine rings is 1. The van der Waals surface area contributed by atoms with Crippen molar-refractivity contribution in [2.75, 3.05) is 20.8 Å². The minimum absolute atomic E-state index is 0.171. The highest BCUT2D eigenvalue weighted by Gasteiger charge is 2.30. The van der Waals surface area contributed by atoms with Crippen molar-refractivity contribution in [3.05, 3.63) is 89.0 Å². The van der Waals surface area contributed by atoms with Crippen molar-refractivity contribution in [3.63, 3.8) is 0 Å². The van der Waals surface area contributed by atoms with Crippen molar-refractivity contribution in [1.29, 1.82) is 0 Å². The molecule has 0 saturated carbocycles. The normalized spacial score (nSPS) is 12.0. The summed E-state index contributed by atoms with van der Waals surface area (Å²) >= 11 is 0. The predicted octanol–water partition coefficient (Wildman–Crippen LogP) is 6.66. The molecule has 2 atom stereocenters. The molecular formula is C32H40F4N2O6. The first-order chi connectivity index (χ1) is 20.7. The average Bonchev–Trinajstić information content (AvgIpc) is 2.97. The Balaban J connectivity index is 0.000000395. The van der Waals surface area contributed by atoms with Crippen LogP contribution in [-0.2, 0) is 26.9 Å². The summed E-state index contributed by atoms with van der Waals surface area (Å²) in [5, 5.41) is 9.27. The molecule has 242 valence electrons. The van der Waals surface area contributed by atoms with E-state index >= 15 is 0 Å². The second kappa shape index (κ2) is 19.2. The van der Waals surface area contributed by atoms with E-state index in [1.807, 2.05) is 20.8 Å². The van der Waals surface area contributed by atoms with Crippen molar-refractivity contribution in [2.45, 2.75) is 58.7 Å². The number of nitrogens with two attached hydrogens (primary N) is 1. The fourth-order valence-corrected chi connectivity index (χ4v) is 3.86. The third kappa shape index (κ3) is 14.3. The molecule has 0 saturated heterocycles. The van der Waals surface area contributed by atoms with Gasteiger partial charge in [0, 0.05) is 19.4 Å². The summed E-state index contributed by atoms with van der Waals surface area (Å²) in [6.07, 6.45) is -0.789. The molecule has 3 rings (SSSR count). The number of aryl methyl sites for hydroxylation is 1. The Hall–Kier alpha value is -4.19. The number of rotatable bonds is 11. The molecule has 0 aliphatic rings. The van der Waals surface area contributed by atoms with E-state index in [-0.39, 0.29) is 47.4 Å². The van der Waals surface area contributed by atoms with Gasteiger partial charge in [-0.1, -0.05) is 43.2 Å². The largest absolute Gasteiger partial charge is 0.503 e. The van der Waals surface area contributed by atoms with Crippen LogP contribution in [0.5, 0.6) is 11.5 Å². The maximum atomic E-state index is 12.6. The number of halogens is 4. The highest BCUT2D eigenvalue weighted by atomic mass is 19.4. The molecule has 2 aromatic carbocycles. The number of ether oxygens (including phenoxy) is 3. The Labute approximate surface area is 255 Å². The molecule has 0 bridgehead atoms. The quantitative estimate of drug-likeness (QED) is 0.181. The maximum Gasteiger partial charge on any atom is 0.416 e. The van der Waals surface area contributed by atoms with Gasteiger partial charge in [-0.3, -0.25) is 9.59 Å². The van der Waals surface area contributed by atoms with Gasteiger partial charge >= 0.3 is 12.1 Å². The summed E-state index contributed by atoms with van der Waals surface area (Å²) in [6.45, 7) is 6.11. The van der Waals surface area contributed by atoms with Crippen LogP contribution in [-0.4, -0.2) is 48.9 Å². The molecule has 0 fully saturated rings. The first kappa shape index (κ1) is 37.8. The van der Waals surface area contributed by atoms with Gasteiger partial charge in [-0.05, 0) is 62.4 Å². The van der Waals surface area contributed by atoms with Crippen LogP contribution >= 0.6 is 0 Å². The summed E-state index contributed by atoms with van der Waals surface area (Å²) in [4.78, 5) is 25.8. The van der Waals surface area contributed by atoms with Gasteiger partial charge in [0.15, 0.2) is 17.2 Å². The standard InChI is InChI=1S/C18H25F3O3.C7H7F.C7H8N2O3/c1-4-14(11-13(2)24-17(22)9-10-23-3)12-15-5-7-16(8-6-15)18(19,20)21;1-6-2-4-7(8)5-3-6;1-12-4-2-3-9-5(6(4)10)7(8)11/h5-8,13-14H,4,9-12H2,1-3H3;2-5H,1H3;2-3,10H,1H3,(H2,8,11)/t13?,14-;;/m0../s1. The first-order valence-electron chi connectivity index (χ1n) is 13.8. The van der Waals surface area contributed by atoms with Crippen LogP contribution in [0.3, 0.4) is 0 Å². The first-order valence-corrected chi connectivity index (χ1v) is 13.8. The number of benzene rings is 2. The molecular weight excluding hydrogens is 584 g/mol. The van der Waals surface area contributed by atoms with Crippen molar-refractivity contribution in [1.82, 2.24) is 4.98 Å². The van der Waals surface area contributed by atoms with Gasteiger partial charge in [-0.15, -0.1) is 0 Å². The van der Waals surface area contributed by atoms with E-state index in [0.717, 1.165) is 29.7 Å². The zero-order valence-corrected chi connectivity index (χ0v) is 25.5. The van der Waals surface area contributed by atoms with E-state index in [1.165, 1.54) is 50.7 Å². The third-order valence-electron chi connectivity index (χ3n) is 6.24. The van der Waals surface area contributed by atoms with Gasteiger partial charge in [0.05, 0.1) is 31.8 Å². The lowest BCUT2D eigenvalue weighted by atomic mass is 9.91. The van der Waals surface area contributed by atoms with Crippen molar-refractivity contribution < 1.29 is 46.5 Å². The molecule has 1 heterocycles. The topological polar surface area (TPSA) is 121 Å². The Kier molecular flexibility index (Phi) is 16.5. The number of primary amides is 1. The Morgan fingerprint density at radius 1 is 1.02 bits per heavy atom. The van der Waals surface area contributed by atoms with Gasteiger partial charge < -0.3 is 25.1 Å². The SMILES string of the molecule is CC[C@H](Cc1ccc(C(F)(F)F)cc1)CC(C)OC(=O)CCOC.COc1ccnc(C(N)=O)c1O.Cc1ccc(F)cc1. The van der Waals surface area contributed by atoms with Gasteiger partial charge in [0.2, 0.25) is 0 Å². The predicted molar refractivity (Wildman–Crippen MR) is 158 cm³/mol. The van der Waals surface area contributed by atoms with Crippen LogP contribution in [0.2, 0.25) is 0 Å². The molecule has 3 aromatic rings. The number of carbonyl (C=O) groups excluding carboxylic acids is 2. The highest BCUT2D eigenvalue weighted by molar-refractivity contribution is 5.94. The van der Waals surface area contributed by atoms with Crippen LogP contribution in [0.1, 0.15) is 60.3 Å². The maximum absolute atomic E-state index is 12.6. The monoisotopic (exact) mass is 624 g/mol. The number of hydrogen-bond acceptors (Lipinski definition) is 7. The minimum Gasteiger partial charge on any atom is -0.503 e. The van der Waals surface area contributed by atoms with E-state index in [4.69, 9.17) is 19.9 Å². The summed E-state index contributed by atoms with van der Waals surface area (Å²) < 4.78 is 64.7. The van der Waals surface area contributed by atoms with Crippen LogP contribution in [0.4, 0.5) is 17.6 Å². The molecule has 0 radical (unpaired) electrons. The summed E-state index contributed by atoms with van der Waals surface area (Å²) in [5.74, 6) is -1.16. The number of alkyl halides is 3. The number of methoxy groups -OCH3 is 2. The molecule has 1 unspecified atom stereocenters. The van der Waals surface area contributed by atoms with Crippen molar-refractivity contribution >= 4 is 11.9 Å². The van der Waals surface area contributed by atoms with Crippen molar-refractivity contribution in [2.24, 2.45) is 11.7 Å². The number of aromatic hydroxyl groups is 1. The van der Waals surface area contributed by atoms with Gasteiger partial charge in [-0.2, -0.15) is 13.2 Å². The zero-order valence-electron chi connectivity index (χ0n) is 25.5. The van der Waals surface area contributed by atoms with E-state index in [0.29, 0.717) is 19.4 Å². The Bertz CT molecular complexity index is 1260. The number of hydrogen-bond donors (Lipinski definition) is 2. The number of nitrogens with zero attached hydrogens (tertiary/aromatic N) is 1. The van der Waals surface area contributed by atoms with Crippen LogP contribution in [0.15, 0.2) is 60.8 Å². The van der Waals surface area contributed by atoms with Crippen LogP contribution < -0.4 is 10.5 Å². The molecule has 0 aliphatic heterocycles. The van der Waals surface area contributed by atoms with Crippen LogP contribution in [0, 0.1) is 18.7 Å². The minimum atomic E-state index is -4.31. The smallest absolute Gasteiger partial charge is 0.416 e. The highest BCUT2D eigenvalue weighted by Crippen LogP contribution is 2.30. The number of carbonyl (C=O) groups is 2. The Morgan fingerprint density at radius 2 is 1.64 bits per heavy atom. The molecule has 8 nitrogen and oxygen atoms in total. The lowest BCUT2D eigenvalue weighted by Gasteiger charge is -2.20. The Morgan fingerprint density at radius 3 is 2.11 bits per heavy atom. The van der Waals surface area contributed by atoms with Gasteiger partial charge in [0.25, 0.3) is 5.91 Å². The second-order valence-corrected chi connectivity index (χ2v) is 9.82. The van der Waals surface area contributed by atoms with Gasteiger partial charge in [-0.25, -0.2) is 9.37 Å². The summed E-state index contributed by atoms with van der Waals surface area (Å²) in [7, 11) is 2.90. The lowest BCUT2D eigenvalue weighted by molar-refractivity contribution is -0.150. The fourth-order valence-electron chi connectivity index (χ4n) is 3.86. The molecule has 3 N–H and O–H groups in total. The second-order valence-electron chi connectivity index (χ2n) is 9.82. The molecule has 12 heteroatoms. The molecule has 44 heavy (non-hydrogen) atoms. The molecule has 0 spiro atoms.